The maximum absolute atomic E-state index is 4.14. The molecule has 0 radical (unpaired) electrons. The Morgan fingerprint density at radius 2 is 2.11 bits per heavy atom. The van der Waals surface area contributed by atoms with Crippen molar-refractivity contribution in [1.82, 2.24) is 15.3 Å². The van der Waals surface area contributed by atoms with Gasteiger partial charge in [-0.3, -0.25) is 0 Å². The van der Waals surface area contributed by atoms with Crippen LogP contribution in [-0.4, -0.2) is 16.5 Å². The zero-order valence-corrected chi connectivity index (χ0v) is 11.2. The molecule has 1 N–H and O–H groups in total. The van der Waals surface area contributed by atoms with Crippen molar-refractivity contribution < 1.29 is 0 Å². The Balaban J connectivity index is 2.02. The third kappa shape index (κ3) is 3.91. The van der Waals surface area contributed by atoms with Crippen molar-refractivity contribution >= 4 is 0 Å². The molecule has 1 heterocycles. The van der Waals surface area contributed by atoms with Crippen molar-refractivity contribution in [3.05, 3.63) is 35.9 Å². The SMILES string of the molecule is CCCNC(CC1=CCCCC1)c1cncnc1. The molecule has 0 spiro atoms. The van der Waals surface area contributed by atoms with Gasteiger partial charge in [-0.15, -0.1) is 0 Å². The Hall–Kier alpha value is -1.22. The van der Waals surface area contributed by atoms with Crippen LogP contribution < -0.4 is 5.32 Å². The van der Waals surface area contributed by atoms with Crippen molar-refractivity contribution in [2.45, 2.75) is 51.5 Å². The van der Waals surface area contributed by atoms with E-state index in [1.54, 1.807) is 11.9 Å². The van der Waals surface area contributed by atoms with E-state index >= 15 is 0 Å². The minimum absolute atomic E-state index is 0.371. The molecule has 1 aromatic rings. The molecule has 0 aliphatic heterocycles. The van der Waals surface area contributed by atoms with Crippen LogP contribution in [0.1, 0.15) is 57.1 Å². The first-order valence-electron chi connectivity index (χ1n) is 7.06. The van der Waals surface area contributed by atoms with Crippen LogP contribution in [0.3, 0.4) is 0 Å². The molecule has 3 heteroatoms. The van der Waals surface area contributed by atoms with E-state index in [-0.39, 0.29) is 0 Å². The molecular formula is C15H23N3. The predicted molar refractivity (Wildman–Crippen MR) is 74.2 cm³/mol. The van der Waals surface area contributed by atoms with E-state index < -0.39 is 0 Å². The second-order valence-corrected chi connectivity index (χ2v) is 4.99. The van der Waals surface area contributed by atoms with Crippen LogP contribution in [0, 0.1) is 0 Å². The minimum atomic E-state index is 0.371. The summed E-state index contributed by atoms with van der Waals surface area (Å²) in [7, 11) is 0. The van der Waals surface area contributed by atoms with Crippen molar-refractivity contribution in [2.75, 3.05) is 6.54 Å². The molecule has 0 aromatic carbocycles. The molecule has 3 nitrogen and oxygen atoms in total. The second-order valence-electron chi connectivity index (χ2n) is 4.99. The number of nitrogens with one attached hydrogen (secondary N) is 1. The summed E-state index contributed by atoms with van der Waals surface area (Å²) in [6.07, 6.45) is 15.4. The molecule has 0 saturated heterocycles. The quantitative estimate of drug-likeness (QED) is 0.780. The minimum Gasteiger partial charge on any atom is -0.310 e. The summed E-state index contributed by atoms with van der Waals surface area (Å²) in [6.45, 7) is 3.25. The molecule has 1 aliphatic carbocycles. The average molecular weight is 245 g/mol. The van der Waals surface area contributed by atoms with Gasteiger partial charge in [0.15, 0.2) is 0 Å². The molecule has 0 fully saturated rings. The van der Waals surface area contributed by atoms with Gasteiger partial charge in [0.25, 0.3) is 0 Å². The third-order valence-corrected chi connectivity index (χ3v) is 3.47. The van der Waals surface area contributed by atoms with E-state index in [0.29, 0.717) is 6.04 Å². The number of hydrogen-bond donors (Lipinski definition) is 1. The number of allylic oxidation sites excluding steroid dienone is 1. The molecule has 98 valence electrons. The summed E-state index contributed by atoms with van der Waals surface area (Å²) < 4.78 is 0. The van der Waals surface area contributed by atoms with E-state index in [0.717, 1.165) is 19.4 Å². The van der Waals surface area contributed by atoms with E-state index in [1.165, 1.54) is 31.2 Å². The highest BCUT2D eigenvalue weighted by Gasteiger charge is 2.14. The first kappa shape index (κ1) is 13.2. The van der Waals surface area contributed by atoms with E-state index in [1.807, 2.05) is 12.4 Å². The van der Waals surface area contributed by atoms with Crippen LogP contribution in [0.5, 0.6) is 0 Å². The second kappa shape index (κ2) is 7.27. The largest absolute Gasteiger partial charge is 0.310 e. The van der Waals surface area contributed by atoms with Crippen LogP contribution in [0.2, 0.25) is 0 Å². The van der Waals surface area contributed by atoms with Crippen LogP contribution in [0.25, 0.3) is 0 Å². The third-order valence-electron chi connectivity index (χ3n) is 3.47. The number of aromatic nitrogens is 2. The summed E-state index contributed by atoms with van der Waals surface area (Å²) in [5.41, 5.74) is 2.80. The molecule has 18 heavy (non-hydrogen) atoms. The Kier molecular flexibility index (Phi) is 5.34. The first-order valence-corrected chi connectivity index (χ1v) is 7.06. The lowest BCUT2D eigenvalue weighted by molar-refractivity contribution is 0.509. The van der Waals surface area contributed by atoms with E-state index in [2.05, 4.69) is 28.3 Å². The highest BCUT2D eigenvalue weighted by molar-refractivity contribution is 5.15. The molecule has 1 atom stereocenters. The number of hydrogen-bond acceptors (Lipinski definition) is 3. The lowest BCUT2D eigenvalue weighted by atomic mass is 9.92. The molecule has 2 rings (SSSR count). The van der Waals surface area contributed by atoms with Crippen molar-refractivity contribution in [3.63, 3.8) is 0 Å². The zero-order valence-electron chi connectivity index (χ0n) is 11.2. The van der Waals surface area contributed by atoms with Gasteiger partial charge in [0.05, 0.1) is 0 Å². The van der Waals surface area contributed by atoms with Gasteiger partial charge in [-0.2, -0.15) is 0 Å². The summed E-state index contributed by atoms with van der Waals surface area (Å²) in [5.74, 6) is 0. The van der Waals surface area contributed by atoms with Gasteiger partial charge in [-0.25, -0.2) is 9.97 Å². The van der Waals surface area contributed by atoms with Crippen LogP contribution in [-0.2, 0) is 0 Å². The molecule has 0 bridgehead atoms. The van der Waals surface area contributed by atoms with E-state index in [4.69, 9.17) is 0 Å². The monoisotopic (exact) mass is 245 g/mol. The normalized spacial score (nSPS) is 17.3. The smallest absolute Gasteiger partial charge is 0.115 e. The van der Waals surface area contributed by atoms with Gasteiger partial charge in [-0.1, -0.05) is 18.6 Å². The predicted octanol–water partition coefficient (Wildman–Crippen LogP) is 3.41. The lowest BCUT2D eigenvalue weighted by Gasteiger charge is -2.21. The summed E-state index contributed by atoms with van der Waals surface area (Å²) in [6, 6.07) is 0.371. The standard InChI is InChI=1S/C15H23N3/c1-2-8-18-15(14-10-16-12-17-11-14)9-13-6-4-3-5-7-13/h6,10-12,15,18H,2-5,7-9H2,1H3. The molecule has 1 unspecified atom stereocenters. The Morgan fingerprint density at radius 1 is 1.28 bits per heavy atom. The molecule has 1 aliphatic rings. The van der Waals surface area contributed by atoms with Crippen LogP contribution in [0.15, 0.2) is 30.4 Å². The Morgan fingerprint density at radius 3 is 2.78 bits per heavy atom. The van der Waals surface area contributed by atoms with Gasteiger partial charge >= 0.3 is 0 Å². The van der Waals surface area contributed by atoms with Crippen LogP contribution in [0.4, 0.5) is 0 Å². The van der Waals surface area contributed by atoms with Gasteiger partial charge < -0.3 is 5.32 Å². The maximum Gasteiger partial charge on any atom is 0.115 e. The molecule has 1 aromatic heterocycles. The summed E-state index contributed by atoms with van der Waals surface area (Å²) in [5, 5.41) is 3.61. The summed E-state index contributed by atoms with van der Waals surface area (Å²) in [4.78, 5) is 8.27. The number of rotatable bonds is 6. The fourth-order valence-corrected chi connectivity index (χ4v) is 2.47. The van der Waals surface area contributed by atoms with Gasteiger partial charge in [0.2, 0.25) is 0 Å². The van der Waals surface area contributed by atoms with Gasteiger partial charge in [0.1, 0.15) is 6.33 Å². The Labute approximate surface area is 110 Å². The molecule has 0 amide bonds. The number of nitrogens with zero attached hydrogens (tertiary/aromatic N) is 2. The fourth-order valence-electron chi connectivity index (χ4n) is 2.47. The molecular weight excluding hydrogens is 222 g/mol. The van der Waals surface area contributed by atoms with Crippen molar-refractivity contribution in [3.8, 4) is 0 Å². The Bertz CT molecular complexity index is 373. The van der Waals surface area contributed by atoms with Crippen molar-refractivity contribution in [2.24, 2.45) is 0 Å². The van der Waals surface area contributed by atoms with Crippen LogP contribution >= 0.6 is 0 Å². The highest BCUT2D eigenvalue weighted by Crippen LogP contribution is 2.27. The van der Waals surface area contributed by atoms with Gasteiger partial charge in [0, 0.05) is 24.0 Å². The van der Waals surface area contributed by atoms with E-state index in [9.17, 15) is 0 Å². The topological polar surface area (TPSA) is 37.8 Å². The highest BCUT2D eigenvalue weighted by atomic mass is 14.9. The zero-order chi connectivity index (χ0) is 12.6. The first-order chi connectivity index (χ1) is 8.90. The maximum atomic E-state index is 4.14. The molecule has 0 saturated carbocycles. The lowest BCUT2D eigenvalue weighted by Crippen LogP contribution is -2.23. The van der Waals surface area contributed by atoms with Crippen molar-refractivity contribution in [1.29, 1.82) is 0 Å². The fraction of sp³-hybridized carbons (Fsp3) is 0.600. The van der Waals surface area contributed by atoms with Gasteiger partial charge in [-0.05, 0) is 45.1 Å². The summed E-state index contributed by atoms with van der Waals surface area (Å²) >= 11 is 0. The average Bonchev–Trinajstić information content (AvgIpc) is 2.45.